The lowest BCUT2D eigenvalue weighted by Gasteiger charge is -2.33. The zero-order valence-corrected chi connectivity index (χ0v) is 16.8. The van der Waals surface area contributed by atoms with Crippen LogP contribution in [0.15, 0.2) is 24.8 Å². The van der Waals surface area contributed by atoms with E-state index < -0.39 is 0 Å². The molecule has 3 rings (SSSR count). The zero-order chi connectivity index (χ0) is 20.1. The van der Waals surface area contributed by atoms with Gasteiger partial charge in [-0.2, -0.15) is 0 Å². The van der Waals surface area contributed by atoms with Gasteiger partial charge in [0, 0.05) is 37.9 Å². The maximum Gasteiger partial charge on any atom is 0.316 e. The Morgan fingerprint density at radius 2 is 1.79 bits per heavy atom. The maximum atomic E-state index is 12.8. The minimum absolute atomic E-state index is 0.0512. The minimum atomic E-state index is -0.149. The fourth-order valence-electron chi connectivity index (χ4n) is 3.15. The van der Waals surface area contributed by atoms with Gasteiger partial charge < -0.3 is 14.4 Å². The summed E-state index contributed by atoms with van der Waals surface area (Å²) < 4.78 is 10.9. The average molecular weight is 385 g/mol. The normalized spacial score (nSPS) is 18.2. The molecule has 8 nitrogen and oxygen atoms in total. The van der Waals surface area contributed by atoms with Crippen molar-refractivity contribution in [2.24, 2.45) is 0 Å². The number of hydrogen-bond acceptors (Lipinski definition) is 7. The van der Waals surface area contributed by atoms with E-state index in [2.05, 4.69) is 40.7 Å². The zero-order valence-electron chi connectivity index (χ0n) is 16.8. The number of amides is 1. The van der Waals surface area contributed by atoms with Crippen LogP contribution < -0.4 is 4.74 Å². The maximum absolute atomic E-state index is 12.8. The molecule has 3 heterocycles. The third-order valence-corrected chi connectivity index (χ3v) is 4.97. The molecule has 8 heteroatoms. The Morgan fingerprint density at radius 3 is 2.39 bits per heavy atom. The van der Waals surface area contributed by atoms with Crippen molar-refractivity contribution in [1.29, 1.82) is 0 Å². The van der Waals surface area contributed by atoms with Crippen LogP contribution in [0, 0.1) is 0 Å². The summed E-state index contributed by atoms with van der Waals surface area (Å²) in [7, 11) is 1.54. The van der Waals surface area contributed by atoms with Crippen molar-refractivity contribution in [2.75, 3.05) is 26.8 Å². The number of methoxy groups -OCH3 is 1. The summed E-state index contributed by atoms with van der Waals surface area (Å²) in [6.45, 7) is 7.82. The predicted molar refractivity (Wildman–Crippen MR) is 103 cm³/mol. The van der Waals surface area contributed by atoms with Crippen molar-refractivity contribution >= 4 is 5.91 Å². The summed E-state index contributed by atoms with van der Waals surface area (Å²) in [5.74, 6) is 0.624. The van der Waals surface area contributed by atoms with Gasteiger partial charge in [-0.05, 0) is 29.4 Å². The molecule has 0 radical (unpaired) electrons. The fraction of sp³-hybridized carbons (Fsp3) is 0.550. The second kappa shape index (κ2) is 9.05. The molecule has 1 saturated heterocycles. The van der Waals surface area contributed by atoms with Crippen LogP contribution in [0.5, 0.6) is 6.01 Å². The third kappa shape index (κ3) is 4.81. The summed E-state index contributed by atoms with van der Waals surface area (Å²) in [5, 5.41) is 0. The molecular formula is C20H27N5O3. The molecule has 1 aliphatic rings. The molecule has 1 amide bonds. The second-order valence-electron chi connectivity index (χ2n) is 7.38. The highest BCUT2D eigenvalue weighted by atomic mass is 16.5. The van der Waals surface area contributed by atoms with Crippen molar-refractivity contribution in [3.8, 4) is 6.01 Å². The first-order valence-electron chi connectivity index (χ1n) is 9.56. The highest BCUT2D eigenvalue weighted by Gasteiger charge is 2.28. The van der Waals surface area contributed by atoms with Crippen LogP contribution in [0.1, 0.15) is 60.8 Å². The van der Waals surface area contributed by atoms with Gasteiger partial charge in [0.05, 0.1) is 19.8 Å². The van der Waals surface area contributed by atoms with Crippen LogP contribution in [-0.2, 0) is 4.74 Å². The number of carbonyl (C=O) groups is 1. The summed E-state index contributed by atoms with van der Waals surface area (Å²) in [4.78, 5) is 31.4. The lowest BCUT2D eigenvalue weighted by molar-refractivity contribution is -0.0275. The largest absolute Gasteiger partial charge is 0.467 e. The number of morpholine rings is 1. The molecule has 0 N–H and O–H groups in total. The van der Waals surface area contributed by atoms with E-state index in [4.69, 9.17) is 9.47 Å². The first kappa shape index (κ1) is 20.1. The Hall–Kier alpha value is -2.61. The van der Waals surface area contributed by atoms with Gasteiger partial charge in [-0.25, -0.2) is 19.9 Å². The predicted octanol–water partition coefficient (Wildman–Crippen LogP) is 2.43. The average Bonchev–Trinajstić information content (AvgIpc) is 2.73. The van der Waals surface area contributed by atoms with Gasteiger partial charge >= 0.3 is 6.01 Å². The molecule has 0 spiro atoms. The topological polar surface area (TPSA) is 90.3 Å². The summed E-state index contributed by atoms with van der Waals surface area (Å²) in [6.07, 6.45) is 7.72. The van der Waals surface area contributed by atoms with Gasteiger partial charge in [0.1, 0.15) is 0 Å². The minimum Gasteiger partial charge on any atom is -0.467 e. The lowest BCUT2D eigenvalue weighted by atomic mass is 9.96. The summed E-state index contributed by atoms with van der Waals surface area (Å²) in [6, 6.07) is 0.352. The number of ether oxygens (including phenoxy) is 2. The smallest absolute Gasteiger partial charge is 0.316 e. The Kier molecular flexibility index (Phi) is 6.51. The third-order valence-electron chi connectivity index (χ3n) is 4.97. The van der Waals surface area contributed by atoms with E-state index in [0.29, 0.717) is 31.6 Å². The van der Waals surface area contributed by atoms with Crippen LogP contribution in [0.3, 0.4) is 0 Å². The van der Waals surface area contributed by atoms with E-state index in [-0.39, 0.29) is 23.8 Å². The molecule has 28 heavy (non-hydrogen) atoms. The van der Waals surface area contributed by atoms with Crippen molar-refractivity contribution < 1.29 is 14.3 Å². The standard InChI is InChI=1S/C20H27N5O3/c1-13(2)15-8-21-18(22-9-15)19(26)25-5-6-28-17(12-25)7-14(3)16-10-23-20(27-4)24-11-16/h8-11,13-14,17H,5-7,12H2,1-4H3/t14-,17?/m0/s1. The van der Waals surface area contributed by atoms with Gasteiger partial charge in [-0.15, -0.1) is 0 Å². The van der Waals surface area contributed by atoms with Crippen LogP contribution in [0.2, 0.25) is 0 Å². The Labute approximate surface area is 165 Å². The highest BCUT2D eigenvalue weighted by molar-refractivity contribution is 5.90. The Morgan fingerprint density at radius 1 is 1.14 bits per heavy atom. The van der Waals surface area contributed by atoms with Crippen LogP contribution >= 0.6 is 0 Å². The van der Waals surface area contributed by atoms with Crippen LogP contribution in [0.4, 0.5) is 0 Å². The van der Waals surface area contributed by atoms with E-state index in [1.165, 1.54) is 0 Å². The quantitative estimate of drug-likeness (QED) is 0.754. The van der Waals surface area contributed by atoms with Gasteiger partial charge in [-0.3, -0.25) is 4.79 Å². The fourth-order valence-corrected chi connectivity index (χ4v) is 3.15. The second-order valence-corrected chi connectivity index (χ2v) is 7.38. The van der Waals surface area contributed by atoms with E-state index in [9.17, 15) is 4.79 Å². The molecule has 150 valence electrons. The molecule has 1 aliphatic heterocycles. The van der Waals surface area contributed by atoms with Gasteiger partial charge in [0.25, 0.3) is 5.91 Å². The number of aromatic nitrogens is 4. The van der Waals surface area contributed by atoms with Gasteiger partial charge in [0.15, 0.2) is 0 Å². The van der Waals surface area contributed by atoms with Crippen LogP contribution in [-0.4, -0.2) is 63.7 Å². The SMILES string of the molecule is COc1ncc([C@@H](C)CC2CN(C(=O)c3ncc(C(C)C)cn3)CCO2)cn1. The van der Waals surface area contributed by atoms with E-state index >= 15 is 0 Å². The monoisotopic (exact) mass is 385 g/mol. The van der Waals surface area contributed by atoms with Crippen LogP contribution in [0.25, 0.3) is 0 Å². The van der Waals surface area contributed by atoms with E-state index in [0.717, 1.165) is 17.5 Å². The molecule has 0 aromatic carbocycles. The molecule has 0 bridgehead atoms. The first-order chi connectivity index (χ1) is 13.5. The molecule has 0 saturated carbocycles. The number of carbonyl (C=O) groups excluding carboxylic acids is 1. The molecule has 1 fully saturated rings. The highest BCUT2D eigenvalue weighted by Crippen LogP contribution is 2.23. The van der Waals surface area contributed by atoms with Crippen molar-refractivity contribution in [1.82, 2.24) is 24.8 Å². The van der Waals surface area contributed by atoms with Gasteiger partial charge in [0.2, 0.25) is 5.82 Å². The molecule has 2 aromatic heterocycles. The number of rotatable bonds is 6. The lowest BCUT2D eigenvalue weighted by Crippen LogP contribution is -2.46. The summed E-state index contributed by atoms with van der Waals surface area (Å²) >= 11 is 0. The number of hydrogen-bond donors (Lipinski definition) is 0. The van der Waals surface area contributed by atoms with Gasteiger partial charge in [-0.1, -0.05) is 20.8 Å². The molecule has 1 unspecified atom stereocenters. The summed E-state index contributed by atoms with van der Waals surface area (Å²) in [5.41, 5.74) is 2.03. The van der Waals surface area contributed by atoms with E-state index in [1.54, 1.807) is 36.8 Å². The van der Waals surface area contributed by atoms with Crippen molar-refractivity contribution in [2.45, 2.75) is 45.1 Å². The van der Waals surface area contributed by atoms with E-state index in [1.807, 2.05) is 0 Å². The first-order valence-corrected chi connectivity index (χ1v) is 9.56. The molecule has 2 aromatic rings. The molecule has 2 atom stereocenters. The van der Waals surface area contributed by atoms with Crippen molar-refractivity contribution in [3.63, 3.8) is 0 Å². The molecular weight excluding hydrogens is 358 g/mol. The van der Waals surface area contributed by atoms with Crippen molar-refractivity contribution in [3.05, 3.63) is 41.7 Å². The molecule has 0 aliphatic carbocycles. The number of nitrogens with zero attached hydrogens (tertiary/aromatic N) is 5. The Bertz CT molecular complexity index is 779. The Balaban J connectivity index is 1.60.